The number of unbranched alkanes of at least 4 members (excludes halogenated alkanes) is 1. The average molecular weight is 744 g/mol. The second kappa shape index (κ2) is 17.7. The van der Waals surface area contributed by atoms with E-state index in [1.54, 1.807) is 6.07 Å². The quantitative estimate of drug-likeness (QED) is 0.0890. The Balaban J connectivity index is 1.48. The first-order valence-corrected chi connectivity index (χ1v) is 19.4. The number of phenols is 1. The number of aromatic nitrogens is 2. The summed E-state index contributed by atoms with van der Waals surface area (Å²) in [5.41, 5.74) is 6.96. The van der Waals surface area contributed by atoms with E-state index in [9.17, 15) is 9.90 Å². The Morgan fingerprint density at radius 1 is 1.00 bits per heavy atom. The van der Waals surface area contributed by atoms with Crippen LogP contribution < -0.4 is 4.90 Å². The number of hydrogen-bond acceptors (Lipinski definition) is 9. The predicted octanol–water partition coefficient (Wildman–Crippen LogP) is 8.93. The zero-order valence-electron chi connectivity index (χ0n) is 34.1. The molecule has 0 amide bonds. The number of methoxy groups -OCH3 is 1. The highest BCUT2D eigenvalue weighted by Gasteiger charge is 2.38. The monoisotopic (exact) mass is 743 g/mol. The van der Waals surface area contributed by atoms with E-state index < -0.39 is 17.7 Å². The van der Waals surface area contributed by atoms with Crippen LogP contribution in [0.5, 0.6) is 5.75 Å². The van der Waals surface area contributed by atoms with Crippen LogP contribution in [0.2, 0.25) is 0 Å². The largest absolute Gasteiger partial charge is 0.507 e. The van der Waals surface area contributed by atoms with Gasteiger partial charge in [-0.1, -0.05) is 43.2 Å². The summed E-state index contributed by atoms with van der Waals surface area (Å²) >= 11 is 0. The summed E-state index contributed by atoms with van der Waals surface area (Å²) < 4.78 is 32.2. The van der Waals surface area contributed by atoms with Crippen LogP contribution in [0.4, 0.5) is 5.82 Å². The van der Waals surface area contributed by atoms with Crippen LogP contribution in [0.15, 0.2) is 48.7 Å². The number of aromatic hydroxyl groups is 1. The molecule has 1 saturated heterocycles. The number of anilines is 1. The average Bonchev–Trinajstić information content (AvgIpc) is 3.59. The van der Waals surface area contributed by atoms with E-state index in [2.05, 4.69) is 35.4 Å². The van der Waals surface area contributed by atoms with Crippen molar-refractivity contribution in [1.82, 2.24) is 9.38 Å². The first kappa shape index (κ1) is 41.2. The summed E-state index contributed by atoms with van der Waals surface area (Å²) in [6.45, 7) is 22.0. The maximum Gasteiger partial charge on any atom is 0.339 e. The minimum Gasteiger partial charge on any atom is -0.507 e. The minimum atomic E-state index is -0.957. The molecule has 1 aliphatic heterocycles. The Labute approximate surface area is 321 Å². The molecule has 0 spiro atoms. The molecule has 10 nitrogen and oxygen atoms in total. The SMILES string of the molecule is CCCCO[C@@H](C)COCCOC1(C)CCN(c2c([C@H](OC(C)(C)C)C(=O)OC)c(C)c(C)c3nc(-c4cccc(-c5cc(C)ccc5O)c4)cn23)CC1. The first-order valence-electron chi connectivity index (χ1n) is 19.4. The van der Waals surface area contributed by atoms with Crippen molar-refractivity contribution in [2.24, 2.45) is 0 Å². The van der Waals surface area contributed by atoms with Crippen molar-refractivity contribution in [1.29, 1.82) is 0 Å². The molecule has 0 bridgehead atoms. The maximum absolute atomic E-state index is 13.6. The molecule has 0 saturated carbocycles. The molecule has 1 N–H and O–H groups in total. The number of carbonyl (C=O) groups excluding carboxylic acids is 1. The van der Waals surface area contributed by atoms with Gasteiger partial charge < -0.3 is 33.7 Å². The number of pyridine rings is 1. The van der Waals surface area contributed by atoms with E-state index >= 15 is 0 Å². The van der Waals surface area contributed by atoms with Gasteiger partial charge in [-0.05, 0) is 110 Å². The van der Waals surface area contributed by atoms with E-state index in [1.165, 1.54) is 7.11 Å². The third kappa shape index (κ3) is 9.82. The Bertz CT molecular complexity index is 1890. The Morgan fingerprint density at radius 3 is 2.41 bits per heavy atom. The molecule has 1 aliphatic rings. The summed E-state index contributed by atoms with van der Waals surface area (Å²) in [4.78, 5) is 21.1. The topological polar surface area (TPSA) is 104 Å². The van der Waals surface area contributed by atoms with Gasteiger partial charge in [0.05, 0.1) is 49.9 Å². The molecular formula is C44H61N3O7. The van der Waals surface area contributed by atoms with Crippen molar-refractivity contribution in [2.75, 3.05) is 51.5 Å². The van der Waals surface area contributed by atoms with Gasteiger partial charge in [0.2, 0.25) is 0 Å². The molecule has 0 aliphatic carbocycles. The lowest BCUT2D eigenvalue weighted by Crippen LogP contribution is -2.46. The number of fused-ring (bicyclic) bond motifs is 1. The van der Waals surface area contributed by atoms with Gasteiger partial charge in [-0.15, -0.1) is 0 Å². The molecule has 1 fully saturated rings. The van der Waals surface area contributed by atoms with Crippen LogP contribution in [0.1, 0.15) is 95.6 Å². The van der Waals surface area contributed by atoms with Crippen molar-refractivity contribution in [2.45, 2.75) is 111 Å². The number of carbonyl (C=O) groups is 1. The molecule has 4 aromatic rings. The highest BCUT2D eigenvalue weighted by Crippen LogP contribution is 2.41. The van der Waals surface area contributed by atoms with Gasteiger partial charge in [-0.3, -0.25) is 4.40 Å². The number of aryl methyl sites for hydroxylation is 2. The van der Waals surface area contributed by atoms with Crippen molar-refractivity contribution in [3.63, 3.8) is 0 Å². The summed E-state index contributed by atoms with van der Waals surface area (Å²) in [6.07, 6.45) is 4.89. The predicted molar refractivity (Wildman–Crippen MR) is 214 cm³/mol. The lowest BCUT2D eigenvalue weighted by molar-refractivity contribution is -0.164. The summed E-state index contributed by atoms with van der Waals surface area (Å²) in [6, 6.07) is 13.7. The second-order valence-electron chi connectivity index (χ2n) is 15.9. The zero-order chi connectivity index (χ0) is 39.2. The summed E-state index contributed by atoms with van der Waals surface area (Å²) in [5, 5.41) is 10.7. The van der Waals surface area contributed by atoms with Gasteiger partial charge >= 0.3 is 5.97 Å². The molecule has 2 atom stereocenters. The number of phenolic OH excluding ortho intramolecular Hbond substituents is 1. The molecule has 5 rings (SSSR count). The van der Waals surface area contributed by atoms with Crippen LogP contribution in [-0.4, -0.2) is 84.4 Å². The number of esters is 1. The van der Waals surface area contributed by atoms with Gasteiger partial charge in [0, 0.05) is 42.6 Å². The number of ether oxygens (including phenoxy) is 5. The van der Waals surface area contributed by atoms with Crippen molar-refractivity contribution >= 4 is 17.4 Å². The van der Waals surface area contributed by atoms with Crippen LogP contribution in [0.3, 0.4) is 0 Å². The van der Waals surface area contributed by atoms with Crippen LogP contribution in [0, 0.1) is 20.8 Å². The van der Waals surface area contributed by atoms with E-state index in [-0.39, 0.29) is 17.5 Å². The molecular weight excluding hydrogens is 682 g/mol. The molecule has 294 valence electrons. The van der Waals surface area contributed by atoms with Gasteiger partial charge in [-0.25, -0.2) is 9.78 Å². The molecule has 0 radical (unpaired) electrons. The van der Waals surface area contributed by atoms with Crippen molar-refractivity contribution in [3.05, 3.63) is 70.9 Å². The highest BCUT2D eigenvalue weighted by molar-refractivity contribution is 5.82. The van der Waals surface area contributed by atoms with Crippen molar-refractivity contribution < 1.29 is 33.6 Å². The fourth-order valence-corrected chi connectivity index (χ4v) is 7.07. The minimum absolute atomic E-state index is 0.0598. The third-order valence-electron chi connectivity index (χ3n) is 10.3. The van der Waals surface area contributed by atoms with Crippen molar-refractivity contribution in [3.8, 4) is 28.1 Å². The Kier molecular flexibility index (Phi) is 13.5. The number of rotatable bonds is 16. The molecule has 2 aromatic carbocycles. The zero-order valence-corrected chi connectivity index (χ0v) is 34.1. The smallest absolute Gasteiger partial charge is 0.339 e. The molecule has 3 heterocycles. The maximum atomic E-state index is 13.6. The number of imidazole rings is 1. The number of benzene rings is 2. The van der Waals surface area contributed by atoms with E-state index in [1.807, 2.05) is 78.8 Å². The van der Waals surface area contributed by atoms with Gasteiger partial charge in [0.25, 0.3) is 0 Å². The van der Waals surface area contributed by atoms with Crippen LogP contribution >= 0.6 is 0 Å². The third-order valence-corrected chi connectivity index (χ3v) is 10.3. The number of hydrogen-bond donors (Lipinski definition) is 1. The summed E-state index contributed by atoms with van der Waals surface area (Å²) in [5.74, 6) is 0.644. The standard InChI is InChI=1S/C44H61N3O7/c1-11-12-22-52-30(3)28-51-23-24-53-44(9)18-20-46(21-19-44)41-38(39(42(49)50-10)54-43(6,7)8)31(4)32(5)40-45-36(27-47(40)41)34-15-13-14-33(26-34)35-25-29(2)16-17-37(35)48/h13-17,25-27,30,39,48H,11-12,18-24,28H2,1-10H3/t30-,39-/m0/s1. The molecule has 2 aromatic heterocycles. The molecule has 0 unspecified atom stereocenters. The van der Waals surface area contributed by atoms with E-state index in [0.717, 1.165) is 88.4 Å². The number of piperidine rings is 1. The van der Waals surface area contributed by atoms with E-state index in [0.29, 0.717) is 32.9 Å². The molecule has 54 heavy (non-hydrogen) atoms. The molecule has 10 heteroatoms. The Morgan fingerprint density at radius 2 is 1.72 bits per heavy atom. The van der Waals surface area contributed by atoms with Gasteiger partial charge in [0.15, 0.2) is 6.10 Å². The fourth-order valence-electron chi connectivity index (χ4n) is 7.07. The van der Waals surface area contributed by atoms with Crippen LogP contribution in [0.25, 0.3) is 28.0 Å². The normalized spacial score (nSPS) is 15.8. The number of nitrogens with zero attached hydrogens (tertiary/aromatic N) is 3. The lowest BCUT2D eigenvalue weighted by atomic mass is 9.92. The lowest BCUT2D eigenvalue weighted by Gasteiger charge is -2.42. The Hall–Kier alpha value is -3.96. The van der Waals surface area contributed by atoms with Gasteiger partial charge in [0.1, 0.15) is 17.2 Å². The summed E-state index contributed by atoms with van der Waals surface area (Å²) in [7, 11) is 1.41. The second-order valence-corrected chi connectivity index (χ2v) is 15.9. The fraction of sp³-hybridized carbons (Fsp3) is 0.545. The first-order chi connectivity index (χ1) is 25.6. The highest BCUT2D eigenvalue weighted by atomic mass is 16.6. The van der Waals surface area contributed by atoms with Crippen LogP contribution in [-0.2, 0) is 28.5 Å². The van der Waals surface area contributed by atoms with E-state index in [4.69, 9.17) is 28.7 Å². The van der Waals surface area contributed by atoms with Gasteiger partial charge in [-0.2, -0.15) is 0 Å².